The summed E-state index contributed by atoms with van der Waals surface area (Å²) in [5.74, 6) is -4.72. The molecular weight excluding hydrogens is 542 g/mol. The van der Waals surface area contributed by atoms with Gasteiger partial charge in [0.05, 0.1) is 30.6 Å². The summed E-state index contributed by atoms with van der Waals surface area (Å²) in [5.41, 5.74) is 1.01. The van der Waals surface area contributed by atoms with E-state index in [2.05, 4.69) is 9.88 Å². The maximum atomic E-state index is 10.6. The Morgan fingerprint density at radius 3 is 2.23 bits per heavy atom. The van der Waals surface area contributed by atoms with Crippen molar-refractivity contribution in [3.63, 3.8) is 0 Å². The maximum absolute atomic E-state index is 10.6. The SMILES string of the molecule is O=C(O)C(F)(F)F.O=C(O)C(F)(F)F.c1ccc(CO[C@H]2CO[C@@]3(CCCN(CC4CCOCC4)C3)C2)nc1. The molecule has 39 heavy (non-hydrogen) atoms. The molecule has 9 nitrogen and oxygen atoms in total. The largest absolute Gasteiger partial charge is 0.490 e. The van der Waals surface area contributed by atoms with Crippen LogP contribution in [0.2, 0.25) is 0 Å². The van der Waals surface area contributed by atoms with Crippen molar-refractivity contribution in [2.45, 2.75) is 62.8 Å². The van der Waals surface area contributed by atoms with Crippen LogP contribution in [-0.2, 0) is 30.4 Å². The minimum atomic E-state index is -5.08. The van der Waals surface area contributed by atoms with Gasteiger partial charge in [-0.3, -0.25) is 4.98 Å². The highest BCUT2D eigenvalue weighted by Gasteiger charge is 2.44. The molecule has 222 valence electrons. The molecule has 0 aromatic carbocycles. The van der Waals surface area contributed by atoms with Crippen molar-refractivity contribution in [3.05, 3.63) is 30.1 Å². The Balaban J connectivity index is 0.000000317. The second-order valence-electron chi connectivity index (χ2n) is 9.45. The Hall–Kier alpha value is -2.49. The van der Waals surface area contributed by atoms with Crippen LogP contribution in [0.1, 0.15) is 37.8 Å². The third-order valence-electron chi connectivity index (χ3n) is 6.33. The number of piperidine rings is 1. The van der Waals surface area contributed by atoms with Gasteiger partial charge in [-0.2, -0.15) is 26.3 Å². The normalized spacial score (nSPS) is 24.3. The van der Waals surface area contributed by atoms with Gasteiger partial charge in [0, 0.05) is 38.9 Å². The molecular formula is C24H32F6N2O7. The van der Waals surface area contributed by atoms with Gasteiger partial charge in [0.15, 0.2) is 0 Å². The summed E-state index contributed by atoms with van der Waals surface area (Å²) in [6, 6.07) is 5.96. The van der Waals surface area contributed by atoms with Crippen molar-refractivity contribution in [2.24, 2.45) is 5.92 Å². The van der Waals surface area contributed by atoms with Gasteiger partial charge in [-0.25, -0.2) is 9.59 Å². The molecule has 3 fully saturated rings. The summed E-state index contributed by atoms with van der Waals surface area (Å²) < 4.78 is 81.3. The number of likely N-dealkylation sites (tertiary alicyclic amines) is 1. The number of hydrogen-bond donors (Lipinski definition) is 2. The number of nitrogens with zero attached hydrogens (tertiary/aromatic N) is 2. The Labute approximate surface area is 221 Å². The monoisotopic (exact) mass is 574 g/mol. The molecule has 0 bridgehead atoms. The lowest BCUT2D eigenvalue weighted by molar-refractivity contribution is -0.193. The van der Waals surface area contributed by atoms with Crippen molar-refractivity contribution in [3.8, 4) is 0 Å². The van der Waals surface area contributed by atoms with E-state index in [1.54, 1.807) is 0 Å². The zero-order chi connectivity index (χ0) is 29.1. The molecule has 3 saturated heterocycles. The highest BCUT2D eigenvalue weighted by atomic mass is 19.4. The van der Waals surface area contributed by atoms with Gasteiger partial charge in [0.1, 0.15) is 0 Å². The fraction of sp³-hybridized carbons (Fsp3) is 0.708. The number of aromatic nitrogens is 1. The van der Waals surface area contributed by atoms with Crippen molar-refractivity contribution < 1.29 is 60.4 Å². The number of hydrogen-bond acceptors (Lipinski definition) is 7. The van der Waals surface area contributed by atoms with Gasteiger partial charge in [-0.05, 0) is 50.3 Å². The number of carboxylic acid groups (broad SMARTS) is 2. The van der Waals surface area contributed by atoms with Crippen LogP contribution in [0.5, 0.6) is 0 Å². The quantitative estimate of drug-likeness (QED) is 0.505. The number of halogens is 6. The predicted molar refractivity (Wildman–Crippen MR) is 123 cm³/mol. The van der Waals surface area contributed by atoms with Crippen molar-refractivity contribution in [1.82, 2.24) is 9.88 Å². The summed E-state index contributed by atoms with van der Waals surface area (Å²) >= 11 is 0. The molecule has 3 aliphatic heterocycles. The lowest BCUT2D eigenvalue weighted by Gasteiger charge is -2.41. The third kappa shape index (κ3) is 12.1. The standard InChI is InChI=1S/C20H30N2O3.2C2HF3O2/c1-2-8-21-18(4-1)14-24-19-12-20(25-15-19)7-3-9-22(16-20)13-17-5-10-23-11-6-17;2*3-2(4,5)1(6)7/h1-2,4,8,17,19H,3,5-7,9-16H2;2*(H,6,7)/t19-,20+;;/m1../s1. The molecule has 0 saturated carbocycles. The van der Waals surface area contributed by atoms with E-state index in [1.165, 1.54) is 38.8 Å². The van der Waals surface area contributed by atoms with E-state index >= 15 is 0 Å². The van der Waals surface area contributed by atoms with E-state index in [0.717, 1.165) is 44.4 Å². The third-order valence-corrected chi connectivity index (χ3v) is 6.33. The fourth-order valence-corrected chi connectivity index (χ4v) is 4.52. The second-order valence-corrected chi connectivity index (χ2v) is 9.45. The molecule has 4 heterocycles. The highest BCUT2D eigenvalue weighted by Crippen LogP contribution is 2.36. The Kier molecular flexibility index (Phi) is 12.4. The Bertz CT molecular complexity index is 873. The van der Waals surface area contributed by atoms with Gasteiger partial charge < -0.3 is 29.3 Å². The summed E-state index contributed by atoms with van der Waals surface area (Å²) in [6.45, 7) is 6.64. The molecule has 0 radical (unpaired) electrons. The number of ether oxygens (including phenoxy) is 3. The summed E-state index contributed by atoms with van der Waals surface area (Å²) in [5, 5.41) is 14.2. The lowest BCUT2D eigenvalue weighted by atomic mass is 9.88. The molecule has 15 heteroatoms. The zero-order valence-corrected chi connectivity index (χ0v) is 21.0. The van der Waals surface area contributed by atoms with Gasteiger partial charge >= 0.3 is 24.3 Å². The first-order chi connectivity index (χ1) is 18.2. The number of aliphatic carboxylic acids is 2. The first kappa shape index (κ1) is 32.7. The van der Waals surface area contributed by atoms with Gasteiger partial charge in [-0.1, -0.05) is 6.07 Å². The van der Waals surface area contributed by atoms with Crippen LogP contribution in [0.4, 0.5) is 26.3 Å². The van der Waals surface area contributed by atoms with Crippen LogP contribution in [-0.4, -0.2) is 95.5 Å². The molecule has 2 atom stereocenters. The first-order valence-corrected chi connectivity index (χ1v) is 12.3. The maximum Gasteiger partial charge on any atom is 0.490 e. The Morgan fingerprint density at radius 1 is 1.08 bits per heavy atom. The van der Waals surface area contributed by atoms with Gasteiger partial charge in [0.25, 0.3) is 0 Å². The molecule has 2 N–H and O–H groups in total. The van der Waals surface area contributed by atoms with Crippen LogP contribution in [0, 0.1) is 5.92 Å². The topological polar surface area (TPSA) is 118 Å². The molecule has 1 spiro atoms. The second kappa shape index (κ2) is 14.8. The van der Waals surface area contributed by atoms with E-state index in [4.69, 9.17) is 34.0 Å². The molecule has 1 aromatic rings. The zero-order valence-electron chi connectivity index (χ0n) is 21.0. The van der Waals surface area contributed by atoms with Gasteiger partial charge in [0.2, 0.25) is 0 Å². The first-order valence-electron chi connectivity index (χ1n) is 12.3. The molecule has 0 aliphatic carbocycles. The summed E-state index contributed by atoms with van der Waals surface area (Å²) in [4.78, 5) is 24.8. The fourth-order valence-electron chi connectivity index (χ4n) is 4.52. The van der Waals surface area contributed by atoms with Crippen LogP contribution >= 0.6 is 0 Å². The van der Waals surface area contributed by atoms with E-state index in [9.17, 15) is 26.3 Å². The lowest BCUT2D eigenvalue weighted by Crippen LogP contribution is -2.49. The number of rotatable bonds is 5. The van der Waals surface area contributed by atoms with Crippen molar-refractivity contribution in [2.75, 3.05) is 39.5 Å². The van der Waals surface area contributed by atoms with Crippen LogP contribution < -0.4 is 0 Å². The van der Waals surface area contributed by atoms with Crippen LogP contribution in [0.3, 0.4) is 0 Å². The number of carboxylic acids is 2. The molecule has 3 aliphatic rings. The average Bonchev–Trinajstić information content (AvgIpc) is 3.25. The van der Waals surface area contributed by atoms with Crippen LogP contribution in [0.25, 0.3) is 0 Å². The van der Waals surface area contributed by atoms with Crippen molar-refractivity contribution >= 4 is 11.9 Å². The molecule has 1 aromatic heterocycles. The van der Waals surface area contributed by atoms with Gasteiger partial charge in [-0.15, -0.1) is 0 Å². The summed E-state index contributed by atoms with van der Waals surface area (Å²) in [6.07, 6.45) is -2.31. The van der Waals surface area contributed by atoms with E-state index in [1.807, 2.05) is 24.4 Å². The minimum absolute atomic E-state index is 0.0121. The number of carbonyl (C=O) groups is 2. The van der Waals surface area contributed by atoms with Crippen molar-refractivity contribution in [1.29, 1.82) is 0 Å². The average molecular weight is 575 g/mol. The number of pyridine rings is 1. The molecule has 0 amide bonds. The van der Waals surface area contributed by atoms with E-state index < -0.39 is 24.3 Å². The van der Waals surface area contributed by atoms with E-state index in [-0.39, 0.29) is 11.7 Å². The molecule has 4 rings (SSSR count). The van der Waals surface area contributed by atoms with E-state index in [0.29, 0.717) is 6.61 Å². The van der Waals surface area contributed by atoms with Crippen LogP contribution in [0.15, 0.2) is 24.4 Å². The predicted octanol–water partition coefficient (Wildman–Crippen LogP) is 3.91. The highest BCUT2D eigenvalue weighted by molar-refractivity contribution is 5.73. The molecule has 0 unspecified atom stereocenters. The minimum Gasteiger partial charge on any atom is -0.475 e. The smallest absolute Gasteiger partial charge is 0.475 e. The summed E-state index contributed by atoms with van der Waals surface area (Å²) in [7, 11) is 0. The Morgan fingerprint density at radius 2 is 1.69 bits per heavy atom. The number of alkyl halides is 6.